The van der Waals surface area contributed by atoms with Crippen LogP contribution in [0.25, 0.3) is 0 Å². The lowest BCUT2D eigenvalue weighted by molar-refractivity contribution is -0.296. The molecule has 18 heavy (non-hydrogen) atoms. The average Bonchev–Trinajstić information content (AvgIpc) is 2.27. The molecule has 0 bridgehead atoms. The first-order valence-corrected chi connectivity index (χ1v) is 4.23. The summed E-state index contributed by atoms with van der Waals surface area (Å²) in [5.74, 6) is -25.1. The van der Waals surface area contributed by atoms with E-state index in [4.69, 9.17) is 0 Å². The number of rotatable bonds is 5. The van der Waals surface area contributed by atoms with Crippen LogP contribution in [0.15, 0.2) is 12.2 Å². The molecule has 106 valence electrons. The van der Waals surface area contributed by atoms with Gasteiger partial charge in [-0.15, -0.1) is 0 Å². The van der Waals surface area contributed by atoms with E-state index in [1.807, 2.05) is 0 Å². The van der Waals surface area contributed by atoms with E-state index in [2.05, 4.69) is 4.74 Å². The van der Waals surface area contributed by atoms with Crippen molar-refractivity contribution in [2.24, 2.45) is 0 Å². The molecule has 0 spiro atoms. The monoisotopic (exact) mass is 286 g/mol. The van der Waals surface area contributed by atoms with Gasteiger partial charge in [0.25, 0.3) is 0 Å². The maximum Gasteiger partial charge on any atom is 0.411 e. The molecule has 0 heterocycles. The molecule has 0 saturated carbocycles. The number of carbonyl (C=O) groups excluding carboxylic acids is 1. The van der Waals surface area contributed by atoms with E-state index in [1.54, 1.807) is 0 Å². The van der Waals surface area contributed by atoms with Gasteiger partial charge in [0.2, 0.25) is 5.83 Å². The third-order valence-corrected chi connectivity index (χ3v) is 1.72. The maximum absolute atomic E-state index is 12.8. The highest BCUT2D eigenvalue weighted by molar-refractivity contribution is 5.79. The highest BCUT2D eigenvalue weighted by atomic mass is 19.3. The fourth-order valence-electron chi connectivity index (χ4n) is 0.766. The summed E-state index contributed by atoms with van der Waals surface area (Å²) in [7, 11) is 0. The summed E-state index contributed by atoms with van der Waals surface area (Å²) in [5.41, 5.74) is 0. The van der Waals surface area contributed by atoms with Crippen LogP contribution in [-0.4, -0.2) is 30.3 Å². The van der Waals surface area contributed by atoms with Gasteiger partial charge in [-0.05, 0) is 6.92 Å². The van der Waals surface area contributed by atoms with Gasteiger partial charge in [-0.2, -0.15) is 26.3 Å². The molecular weight excluding hydrogens is 280 g/mol. The number of esters is 1. The van der Waals surface area contributed by atoms with E-state index in [-0.39, 0.29) is 0 Å². The normalized spacial score (nSPS) is 14.6. The molecule has 0 N–H and O–H groups in total. The topological polar surface area (TPSA) is 26.3 Å². The number of halogens is 8. The van der Waals surface area contributed by atoms with Crippen LogP contribution < -0.4 is 0 Å². The predicted molar refractivity (Wildman–Crippen MR) is 41.8 cm³/mol. The van der Waals surface area contributed by atoms with Gasteiger partial charge in [-0.3, -0.25) is 0 Å². The van der Waals surface area contributed by atoms with Crippen LogP contribution in [0.1, 0.15) is 6.92 Å². The second-order valence-corrected chi connectivity index (χ2v) is 2.90. The van der Waals surface area contributed by atoms with Crippen molar-refractivity contribution in [1.82, 2.24) is 0 Å². The van der Waals surface area contributed by atoms with Crippen molar-refractivity contribution in [2.75, 3.05) is 6.61 Å². The van der Waals surface area contributed by atoms with Crippen LogP contribution in [0, 0.1) is 0 Å². The highest BCUT2D eigenvalue weighted by Crippen LogP contribution is 2.49. The van der Waals surface area contributed by atoms with Crippen LogP contribution in [-0.2, 0) is 9.53 Å². The SMILES string of the molecule is CCOC(=O)C(F)(F)C(F)(F)C(F)(F)C(F)=CF. The Morgan fingerprint density at radius 1 is 1.11 bits per heavy atom. The van der Waals surface area contributed by atoms with Crippen molar-refractivity contribution in [3.05, 3.63) is 12.2 Å². The lowest BCUT2D eigenvalue weighted by Gasteiger charge is -2.29. The molecule has 0 radical (unpaired) electrons. The minimum absolute atomic E-state index is 0.794. The fraction of sp³-hybridized carbons (Fsp3) is 0.625. The fourth-order valence-corrected chi connectivity index (χ4v) is 0.766. The molecule has 10 heteroatoms. The molecule has 0 aliphatic heterocycles. The van der Waals surface area contributed by atoms with Crippen molar-refractivity contribution in [2.45, 2.75) is 24.7 Å². The van der Waals surface area contributed by atoms with Gasteiger partial charge in [0.1, 0.15) is 6.33 Å². The molecule has 0 rings (SSSR count). The maximum atomic E-state index is 12.8. The molecular formula is C8H6F8O2. The highest BCUT2D eigenvalue weighted by Gasteiger charge is 2.77. The van der Waals surface area contributed by atoms with Gasteiger partial charge in [-0.25, -0.2) is 13.6 Å². The number of carbonyl (C=O) groups is 1. The summed E-state index contributed by atoms with van der Waals surface area (Å²) in [6, 6.07) is 0. The minimum atomic E-state index is -6.49. The number of hydrogen-bond donors (Lipinski definition) is 0. The van der Waals surface area contributed by atoms with Crippen LogP contribution in [0.4, 0.5) is 35.1 Å². The molecule has 0 aromatic heterocycles. The first-order chi connectivity index (χ1) is 7.96. The van der Waals surface area contributed by atoms with E-state index in [0.29, 0.717) is 0 Å². The smallest absolute Gasteiger partial charge is 0.411 e. The minimum Gasteiger partial charge on any atom is -0.461 e. The average molecular weight is 286 g/mol. The molecule has 2 nitrogen and oxygen atoms in total. The molecule has 0 aromatic carbocycles. The first-order valence-electron chi connectivity index (χ1n) is 4.23. The lowest BCUT2D eigenvalue weighted by Crippen LogP contribution is -2.58. The second-order valence-electron chi connectivity index (χ2n) is 2.90. The third-order valence-electron chi connectivity index (χ3n) is 1.72. The summed E-state index contributed by atoms with van der Waals surface area (Å²) < 4.78 is 103. The Bertz CT molecular complexity index is 349. The molecule has 0 saturated heterocycles. The molecule has 0 amide bonds. The van der Waals surface area contributed by atoms with Crippen LogP contribution in [0.5, 0.6) is 0 Å². The lowest BCUT2D eigenvalue weighted by atomic mass is 10.0. The van der Waals surface area contributed by atoms with Crippen LogP contribution in [0.3, 0.4) is 0 Å². The quantitative estimate of drug-likeness (QED) is 0.573. The summed E-state index contributed by atoms with van der Waals surface area (Å²) in [6.45, 7) is 0.157. The van der Waals surface area contributed by atoms with Crippen molar-refractivity contribution in [3.63, 3.8) is 0 Å². The Kier molecular flexibility index (Phi) is 4.72. The standard InChI is InChI=1S/C8H6F8O2/c1-2-18-5(17)7(13,14)8(15,16)6(11,12)4(10)3-9/h3H,2H2,1H3. The summed E-state index contributed by atoms with van der Waals surface area (Å²) in [5, 5.41) is 0. The Labute approximate surface area is 95.2 Å². The zero-order valence-corrected chi connectivity index (χ0v) is 8.62. The molecule has 0 fully saturated rings. The van der Waals surface area contributed by atoms with E-state index in [0.717, 1.165) is 6.92 Å². The summed E-state index contributed by atoms with van der Waals surface area (Å²) in [4.78, 5) is 10.4. The second kappa shape index (κ2) is 5.11. The number of hydrogen-bond acceptors (Lipinski definition) is 2. The van der Waals surface area contributed by atoms with E-state index in [9.17, 15) is 39.9 Å². The third kappa shape index (κ3) is 2.41. The summed E-state index contributed by atoms with van der Waals surface area (Å²) in [6.07, 6.45) is -1.60. The van der Waals surface area contributed by atoms with E-state index >= 15 is 0 Å². The predicted octanol–water partition coefficient (Wildman–Crippen LogP) is 3.24. The molecule has 0 unspecified atom stereocenters. The van der Waals surface area contributed by atoms with Gasteiger partial charge in [0.15, 0.2) is 0 Å². The zero-order valence-electron chi connectivity index (χ0n) is 8.62. The molecule has 0 atom stereocenters. The summed E-state index contributed by atoms with van der Waals surface area (Å²) >= 11 is 0. The van der Waals surface area contributed by atoms with Gasteiger partial charge < -0.3 is 4.74 Å². The van der Waals surface area contributed by atoms with Crippen LogP contribution >= 0.6 is 0 Å². The zero-order chi connectivity index (χ0) is 14.8. The van der Waals surface area contributed by atoms with Crippen molar-refractivity contribution in [3.8, 4) is 0 Å². The largest absolute Gasteiger partial charge is 0.461 e. The van der Waals surface area contributed by atoms with Crippen molar-refractivity contribution < 1.29 is 44.7 Å². The van der Waals surface area contributed by atoms with Crippen molar-refractivity contribution >= 4 is 5.97 Å². The Morgan fingerprint density at radius 3 is 1.89 bits per heavy atom. The Morgan fingerprint density at radius 2 is 1.56 bits per heavy atom. The molecule has 0 aliphatic carbocycles. The van der Waals surface area contributed by atoms with Gasteiger partial charge in [0, 0.05) is 0 Å². The Hall–Kier alpha value is -1.35. The van der Waals surface area contributed by atoms with Gasteiger partial charge in [0.05, 0.1) is 6.61 Å². The first kappa shape index (κ1) is 16.6. The van der Waals surface area contributed by atoms with Gasteiger partial charge in [-0.1, -0.05) is 0 Å². The number of alkyl halides is 6. The molecule has 0 aliphatic rings. The number of ether oxygens (including phenoxy) is 1. The van der Waals surface area contributed by atoms with Crippen LogP contribution in [0.2, 0.25) is 0 Å². The van der Waals surface area contributed by atoms with Crippen molar-refractivity contribution in [1.29, 1.82) is 0 Å². The number of allylic oxidation sites excluding steroid dienone is 1. The van der Waals surface area contributed by atoms with Gasteiger partial charge >= 0.3 is 23.7 Å². The molecule has 0 aromatic rings. The Balaban J connectivity index is 5.56. The van der Waals surface area contributed by atoms with E-state index in [1.165, 1.54) is 0 Å². The van der Waals surface area contributed by atoms with E-state index < -0.39 is 42.5 Å².